The summed E-state index contributed by atoms with van der Waals surface area (Å²) in [4.78, 5) is 22.5. The molecule has 0 unspecified atom stereocenters. The maximum Gasteiger partial charge on any atom is 0.339 e. The van der Waals surface area contributed by atoms with E-state index in [-0.39, 0.29) is 22.3 Å². The number of carbonyl (C=O) groups excluding carboxylic acids is 1. The van der Waals surface area contributed by atoms with E-state index in [2.05, 4.69) is 5.32 Å². The van der Waals surface area contributed by atoms with Crippen LogP contribution in [0.1, 0.15) is 23.2 Å². The number of ether oxygens (including phenoxy) is 1. The van der Waals surface area contributed by atoms with Gasteiger partial charge < -0.3 is 15.2 Å². The van der Waals surface area contributed by atoms with Crippen molar-refractivity contribution in [1.82, 2.24) is 5.32 Å². The molecular weight excluding hydrogens is 298 g/mol. The van der Waals surface area contributed by atoms with Gasteiger partial charge in [0.25, 0.3) is 0 Å². The van der Waals surface area contributed by atoms with Gasteiger partial charge in [-0.25, -0.2) is 13.2 Å². The van der Waals surface area contributed by atoms with Crippen LogP contribution in [-0.2, 0) is 14.6 Å². The first-order chi connectivity index (χ1) is 9.83. The Morgan fingerprint density at radius 3 is 2.57 bits per heavy atom. The van der Waals surface area contributed by atoms with E-state index in [4.69, 9.17) is 9.84 Å². The maximum absolute atomic E-state index is 12.1. The largest absolute Gasteiger partial charge is 0.496 e. The van der Waals surface area contributed by atoms with Gasteiger partial charge in [0.15, 0.2) is 9.84 Å². The molecular formula is C13H15NO6S. The number of aromatic carboxylic acids is 1. The molecule has 0 saturated heterocycles. The van der Waals surface area contributed by atoms with E-state index < -0.39 is 27.5 Å². The fourth-order valence-electron chi connectivity index (χ4n) is 1.80. The molecule has 0 atom stereocenters. The average molecular weight is 313 g/mol. The van der Waals surface area contributed by atoms with E-state index in [0.29, 0.717) is 0 Å². The van der Waals surface area contributed by atoms with Gasteiger partial charge in [0.2, 0.25) is 5.91 Å². The standard InChI is InChI=1S/C13H15NO6S/c1-20-11-5-4-9(6-10(11)13(16)17)21(18,19)7-12(15)14-8-2-3-8/h4-6,8H,2-3,7H2,1H3,(H,14,15)(H,16,17). The fourth-order valence-corrected chi connectivity index (χ4v) is 2.97. The number of carboxylic acids is 1. The van der Waals surface area contributed by atoms with Gasteiger partial charge in [-0.15, -0.1) is 0 Å². The molecule has 7 nitrogen and oxygen atoms in total. The van der Waals surface area contributed by atoms with Crippen molar-refractivity contribution in [3.05, 3.63) is 23.8 Å². The Kier molecular flexibility index (Phi) is 4.17. The molecule has 0 spiro atoms. The molecule has 1 amide bonds. The highest BCUT2D eigenvalue weighted by atomic mass is 32.2. The Hall–Kier alpha value is -2.09. The number of carboxylic acid groups (broad SMARTS) is 1. The molecule has 1 aliphatic carbocycles. The van der Waals surface area contributed by atoms with Crippen molar-refractivity contribution < 1.29 is 27.9 Å². The van der Waals surface area contributed by atoms with Crippen LogP contribution < -0.4 is 10.1 Å². The summed E-state index contributed by atoms with van der Waals surface area (Å²) in [5.74, 6) is -2.52. The zero-order valence-electron chi connectivity index (χ0n) is 11.3. The first kappa shape index (κ1) is 15.3. The lowest BCUT2D eigenvalue weighted by atomic mass is 10.2. The molecule has 1 fully saturated rings. The molecule has 1 aromatic carbocycles. The number of amides is 1. The van der Waals surface area contributed by atoms with Crippen molar-refractivity contribution in [2.45, 2.75) is 23.8 Å². The topological polar surface area (TPSA) is 110 Å². The number of rotatable bonds is 6. The van der Waals surface area contributed by atoms with Crippen molar-refractivity contribution in [2.24, 2.45) is 0 Å². The number of carbonyl (C=O) groups is 2. The zero-order chi connectivity index (χ0) is 15.6. The Balaban J connectivity index is 2.24. The number of methoxy groups -OCH3 is 1. The van der Waals surface area contributed by atoms with Crippen LogP contribution >= 0.6 is 0 Å². The SMILES string of the molecule is COc1ccc(S(=O)(=O)CC(=O)NC2CC2)cc1C(=O)O. The van der Waals surface area contributed by atoms with Gasteiger partial charge in [-0.3, -0.25) is 4.79 Å². The maximum atomic E-state index is 12.1. The summed E-state index contributed by atoms with van der Waals surface area (Å²) in [6.07, 6.45) is 1.72. The Morgan fingerprint density at radius 1 is 1.38 bits per heavy atom. The molecule has 1 saturated carbocycles. The second kappa shape index (κ2) is 5.72. The van der Waals surface area contributed by atoms with Crippen LogP contribution in [0.25, 0.3) is 0 Å². The molecule has 1 aromatic rings. The van der Waals surface area contributed by atoms with Crippen LogP contribution in [0, 0.1) is 0 Å². The fraction of sp³-hybridized carbons (Fsp3) is 0.385. The summed E-state index contributed by atoms with van der Waals surface area (Å²) in [6, 6.07) is 3.55. The normalized spacial score (nSPS) is 14.5. The van der Waals surface area contributed by atoms with Crippen LogP contribution in [0.5, 0.6) is 5.75 Å². The Labute approximate surface area is 121 Å². The molecule has 0 aromatic heterocycles. The highest BCUT2D eigenvalue weighted by Crippen LogP contribution is 2.23. The minimum Gasteiger partial charge on any atom is -0.496 e. The van der Waals surface area contributed by atoms with E-state index in [1.165, 1.54) is 19.2 Å². The third-order valence-corrected chi connectivity index (χ3v) is 4.64. The predicted molar refractivity (Wildman–Crippen MR) is 73.2 cm³/mol. The molecule has 0 radical (unpaired) electrons. The average Bonchev–Trinajstić information content (AvgIpc) is 3.20. The zero-order valence-corrected chi connectivity index (χ0v) is 12.1. The van der Waals surface area contributed by atoms with Crippen LogP contribution in [0.2, 0.25) is 0 Å². The van der Waals surface area contributed by atoms with Crippen LogP contribution in [0.15, 0.2) is 23.1 Å². The lowest BCUT2D eigenvalue weighted by Gasteiger charge is -2.09. The number of hydrogen-bond donors (Lipinski definition) is 2. The smallest absolute Gasteiger partial charge is 0.339 e. The lowest BCUT2D eigenvalue weighted by molar-refractivity contribution is -0.118. The van der Waals surface area contributed by atoms with Gasteiger partial charge >= 0.3 is 5.97 Å². The molecule has 0 aliphatic heterocycles. The van der Waals surface area contributed by atoms with Gasteiger partial charge in [0.1, 0.15) is 17.1 Å². The monoisotopic (exact) mass is 313 g/mol. The molecule has 2 rings (SSSR count). The van der Waals surface area contributed by atoms with Gasteiger partial charge in [-0.1, -0.05) is 0 Å². The molecule has 1 aliphatic rings. The van der Waals surface area contributed by atoms with E-state index >= 15 is 0 Å². The van der Waals surface area contributed by atoms with E-state index in [9.17, 15) is 18.0 Å². The minimum atomic E-state index is -3.89. The quantitative estimate of drug-likeness (QED) is 0.789. The summed E-state index contributed by atoms with van der Waals surface area (Å²) >= 11 is 0. The summed E-state index contributed by atoms with van der Waals surface area (Å²) in [5, 5.41) is 11.6. The van der Waals surface area contributed by atoms with Crippen LogP contribution in [-0.4, -0.2) is 44.3 Å². The van der Waals surface area contributed by atoms with E-state index in [1.54, 1.807) is 0 Å². The summed E-state index contributed by atoms with van der Waals surface area (Å²) in [7, 11) is -2.60. The molecule has 21 heavy (non-hydrogen) atoms. The van der Waals surface area contributed by atoms with Gasteiger partial charge in [0.05, 0.1) is 12.0 Å². The Morgan fingerprint density at radius 2 is 2.05 bits per heavy atom. The molecule has 0 heterocycles. The predicted octanol–water partition coefficient (Wildman–Crippen LogP) is 0.446. The van der Waals surface area contributed by atoms with E-state index in [1.807, 2.05) is 0 Å². The van der Waals surface area contributed by atoms with Gasteiger partial charge in [-0.05, 0) is 31.0 Å². The Bertz CT molecular complexity index is 678. The second-order valence-corrected chi connectivity index (χ2v) is 6.76. The highest BCUT2D eigenvalue weighted by molar-refractivity contribution is 7.92. The third-order valence-electron chi connectivity index (χ3n) is 3.02. The minimum absolute atomic E-state index is 0.0591. The highest BCUT2D eigenvalue weighted by Gasteiger charge is 2.27. The third kappa shape index (κ3) is 3.72. The van der Waals surface area contributed by atoms with Crippen molar-refractivity contribution in [3.8, 4) is 5.75 Å². The number of benzene rings is 1. The summed E-state index contributed by atoms with van der Waals surface area (Å²) in [6.45, 7) is 0. The van der Waals surface area contributed by atoms with Crippen LogP contribution in [0.3, 0.4) is 0 Å². The van der Waals surface area contributed by atoms with Gasteiger partial charge in [-0.2, -0.15) is 0 Å². The van der Waals surface area contributed by atoms with Crippen molar-refractivity contribution in [2.75, 3.05) is 12.9 Å². The van der Waals surface area contributed by atoms with Crippen molar-refractivity contribution >= 4 is 21.7 Å². The molecule has 8 heteroatoms. The van der Waals surface area contributed by atoms with E-state index in [0.717, 1.165) is 18.9 Å². The first-order valence-electron chi connectivity index (χ1n) is 6.27. The number of hydrogen-bond acceptors (Lipinski definition) is 5. The molecule has 114 valence electrons. The van der Waals surface area contributed by atoms with Crippen molar-refractivity contribution in [1.29, 1.82) is 0 Å². The summed E-state index contributed by atoms with van der Waals surface area (Å²) < 4.78 is 29.1. The summed E-state index contributed by atoms with van der Waals surface area (Å²) in [5.41, 5.74) is -0.263. The molecule has 0 bridgehead atoms. The second-order valence-electron chi connectivity index (χ2n) is 4.77. The lowest BCUT2D eigenvalue weighted by Crippen LogP contribution is -2.31. The van der Waals surface area contributed by atoms with Gasteiger partial charge in [0, 0.05) is 6.04 Å². The van der Waals surface area contributed by atoms with Crippen LogP contribution in [0.4, 0.5) is 0 Å². The molecule has 2 N–H and O–H groups in total. The number of nitrogens with one attached hydrogen (secondary N) is 1. The number of sulfone groups is 1. The van der Waals surface area contributed by atoms with Crippen molar-refractivity contribution in [3.63, 3.8) is 0 Å². The first-order valence-corrected chi connectivity index (χ1v) is 7.92.